The number of amides is 2. The topological polar surface area (TPSA) is 84.0 Å². The zero-order chi connectivity index (χ0) is 19.1. The Kier molecular flexibility index (Phi) is 6.78. The van der Waals surface area contributed by atoms with Crippen LogP contribution in [0.1, 0.15) is 13.3 Å². The molecule has 8 heteroatoms. The van der Waals surface area contributed by atoms with Gasteiger partial charge in [-0.15, -0.1) is 23.1 Å². The van der Waals surface area contributed by atoms with Crippen LogP contribution in [-0.4, -0.2) is 40.6 Å². The van der Waals surface area contributed by atoms with Crippen molar-refractivity contribution < 1.29 is 9.59 Å². The molecule has 2 aromatic heterocycles. The smallest absolute Gasteiger partial charge is 0.220 e. The molecular weight excluding hydrogens is 380 g/mol. The summed E-state index contributed by atoms with van der Waals surface area (Å²) in [6.07, 6.45) is 1.97. The molecule has 27 heavy (non-hydrogen) atoms. The van der Waals surface area contributed by atoms with E-state index < -0.39 is 0 Å². The fourth-order valence-electron chi connectivity index (χ4n) is 2.46. The van der Waals surface area contributed by atoms with Crippen LogP contribution >= 0.6 is 23.1 Å². The van der Waals surface area contributed by atoms with Gasteiger partial charge >= 0.3 is 0 Å². The summed E-state index contributed by atoms with van der Waals surface area (Å²) in [6, 6.07) is 12.3. The number of nitrogens with one attached hydrogen (secondary N) is 2. The second kappa shape index (κ2) is 9.48. The molecule has 3 aromatic rings. The Bertz CT molecular complexity index is 928. The first-order valence-corrected chi connectivity index (χ1v) is 10.4. The molecule has 0 bridgehead atoms. The zero-order valence-corrected chi connectivity index (χ0v) is 16.5. The molecule has 0 atom stereocenters. The van der Waals surface area contributed by atoms with Gasteiger partial charge < -0.3 is 10.6 Å². The lowest BCUT2D eigenvalue weighted by Gasteiger charge is -2.05. The fourth-order valence-corrected chi connectivity index (χ4v) is 4.45. The molecule has 0 aliphatic carbocycles. The predicted octanol–water partition coefficient (Wildman–Crippen LogP) is 3.09. The summed E-state index contributed by atoms with van der Waals surface area (Å²) in [7, 11) is 0. The average Bonchev–Trinajstić information content (AvgIpc) is 3.11. The maximum Gasteiger partial charge on any atom is 0.220 e. The summed E-state index contributed by atoms with van der Waals surface area (Å²) in [6.45, 7) is 2.33. The Morgan fingerprint density at radius 1 is 1.11 bits per heavy atom. The minimum atomic E-state index is -0.0989. The first-order valence-electron chi connectivity index (χ1n) is 8.57. The maximum absolute atomic E-state index is 11.9. The van der Waals surface area contributed by atoms with Crippen LogP contribution in [0.5, 0.6) is 0 Å². The molecule has 0 spiro atoms. The third-order valence-corrected chi connectivity index (χ3v) is 5.84. The summed E-state index contributed by atoms with van der Waals surface area (Å²) in [5.41, 5.74) is 1.16. The third-order valence-electron chi connectivity index (χ3n) is 3.74. The first kappa shape index (κ1) is 19.3. The van der Waals surface area contributed by atoms with Crippen molar-refractivity contribution in [2.45, 2.75) is 18.4 Å². The van der Waals surface area contributed by atoms with E-state index in [0.29, 0.717) is 25.3 Å². The number of carbonyl (C=O) groups excluding carboxylic acids is 2. The van der Waals surface area contributed by atoms with Gasteiger partial charge in [-0.3, -0.25) is 9.59 Å². The van der Waals surface area contributed by atoms with Crippen molar-refractivity contribution in [2.75, 3.05) is 18.8 Å². The molecule has 0 unspecified atom stereocenters. The van der Waals surface area contributed by atoms with Crippen LogP contribution < -0.4 is 10.6 Å². The van der Waals surface area contributed by atoms with Gasteiger partial charge in [0.05, 0.1) is 0 Å². The first-order chi connectivity index (χ1) is 13.1. The number of fused-ring (bicyclic) bond motifs is 1. The minimum Gasteiger partial charge on any atom is -0.355 e. The highest BCUT2D eigenvalue weighted by Crippen LogP contribution is 2.36. The Morgan fingerprint density at radius 2 is 1.89 bits per heavy atom. The van der Waals surface area contributed by atoms with Crippen molar-refractivity contribution in [2.24, 2.45) is 0 Å². The van der Waals surface area contributed by atoms with E-state index in [0.717, 1.165) is 25.7 Å². The van der Waals surface area contributed by atoms with Crippen molar-refractivity contribution in [3.63, 3.8) is 0 Å². The highest BCUT2D eigenvalue weighted by Gasteiger charge is 2.11. The molecule has 6 nitrogen and oxygen atoms in total. The van der Waals surface area contributed by atoms with Gasteiger partial charge in [0.25, 0.3) is 0 Å². The highest BCUT2D eigenvalue weighted by molar-refractivity contribution is 7.99. The Labute approximate surface area is 165 Å². The minimum absolute atomic E-state index is 0.0338. The van der Waals surface area contributed by atoms with E-state index >= 15 is 0 Å². The fraction of sp³-hybridized carbons (Fsp3) is 0.263. The number of hydrogen-bond donors (Lipinski definition) is 2. The molecule has 0 saturated carbocycles. The van der Waals surface area contributed by atoms with Crippen LogP contribution in [-0.2, 0) is 9.59 Å². The van der Waals surface area contributed by atoms with E-state index in [9.17, 15) is 9.59 Å². The number of hydrogen-bond acceptors (Lipinski definition) is 6. The number of thioether (sulfide) groups is 1. The standard InChI is InChI=1S/C19H20N4O2S2/c1-13(24)20-8-9-21-17(25)7-10-26-18-15-11-16(14-5-3-2-4-6-14)27-19(15)23-12-22-18/h2-6,11-12H,7-10H2,1H3,(H,20,24)(H,21,25). The summed E-state index contributed by atoms with van der Waals surface area (Å²) in [5, 5.41) is 7.35. The molecule has 140 valence electrons. The molecule has 0 radical (unpaired) electrons. The maximum atomic E-state index is 11.9. The average molecular weight is 401 g/mol. The molecule has 3 rings (SSSR count). The lowest BCUT2D eigenvalue weighted by molar-refractivity contribution is -0.121. The summed E-state index contributed by atoms with van der Waals surface area (Å²) in [4.78, 5) is 33.5. The molecule has 2 N–H and O–H groups in total. The van der Waals surface area contributed by atoms with Gasteiger partial charge in [-0.1, -0.05) is 30.3 Å². The molecule has 1 aromatic carbocycles. The molecular formula is C19H20N4O2S2. The second-order valence-electron chi connectivity index (χ2n) is 5.81. The van der Waals surface area contributed by atoms with Crippen LogP contribution in [0.25, 0.3) is 20.7 Å². The SMILES string of the molecule is CC(=O)NCCNC(=O)CCSc1ncnc2sc(-c3ccccc3)cc12. The normalized spacial score (nSPS) is 10.7. The second-order valence-corrected chi connectivity index (χ2v) is 7.92. The van der Waals surface area contributed by atoms with Gasteiger partial charge in [-0.2, -0.15) is 0 Å². The van der Waals surface area contributed by atoms with E-state index in [1.165, 1.54) is 6.92 Å². The summed E-state index contributed by atoms with van der Waals surface area (Å²) < 4.78 is 0. The van der Waals surface area contributed by atoms with Crippen molar-refractivity contribution in [1.29, 1.82) is 0 Å². The Balaban J connectivity index is 1.57. The number of aromatic nitrogens is 2. The Morgan fingerprint density at radius 3 is 2.67 bits per heavy atom. The largest absolute Gasteiger partial charge is 0.355 e. The molecule has 0 saturated heterocycles. The quantitative estimate of drug-likeness (QED) is 0.345. The molecule has 0 fully saturated rings. The van der Waals surface area contributed by atoms with Crippen molar-refractivity contribution in [3.05, 3.63) is 42.7 Å². The van der Waals surface area contributed by atoms with Gasteiger partial charge in [-0.05, 0) is 11.6 Å². The van der Waals surface area contributed by atoms with Crippen LogP contribution in [0.4, 0.5) is 0 Å². The van der Waals surface area contributed by atoms with Gasteiger partial charge in [-0.25, -0.2) is 9.97 Å². The lowest BCUT2D eigenvalue weighted by atomic mass is 10.2. The molecule has 0 aliphatic heterocycles. The van der Waals surface area contributed by atoms with Gasteiger partial charge in [0.15, 0.2) is 0 Å². The van der Waals surface area contributed by atoms with Crippen molar-refractivity contribution in [1.82, 2.24) is 20.6 Å². The summed E-state index contributed by atoms with van der Waals surface area (Å²) in [5.74, 6) is 0.501. The van der Waals surface area contributed by atoms with Gasteiger partial charge in [0.1, 0.15) is 16.2 Å². The van der Waals surface area contributed by atoms with E-state index in [-0.39, 0.29) is 11.8 Å². The van der Waals surface area contributed by atoms with Crippen LogP contribution in [0.15, 0.2) is 47.8 Å². The van der Waals surface area contributed by atoms with Crippen LogP contribution in [0, 0.1) is 0 Å². The zero-order valence-electron chi connectivity index (χ0n) is 14.9. The monoisotopic (exact) mass is 400 g/mol. The van der Waals surface area contributed by atoms with Crippen molar-refractivity contribution >= 4 is 45.1 Å². The van der Waals surface area contributed by atoms with Gasteiger partial charge in [0, 0.05) is 42.5 Å². The van der Waals surface area contributed by atoms with Crippen LogP contribution in [0.3, 0.4) is 0 Å². The number of nitrogens with zero attached hydrogens (tertiary/aromatic N) is 2. The number of rotatable bonds is 8. The third kappa shape index (κ3) is 5.51. The van der Waals surface area contributed by atoms with E-state index in [1.54, 1.807) is 29.4 Å². The van der Waals surface area contributed by atoms with Gasteiger partial charge in [0.2, 0.25) is 11.8 Å². The molecule has 0 aliphatic rings. The number of carbonyl (C=O) groups is 2. The molecule has 2 heterocycles. The molecule has 2 amide bonds. The van der Waals surface area contributed by atoms with Crippen LogP contribution in [0.2, 0.25) is 0 Å². The van der Waals surface area contributed by atoms with E-state index in [2.05, 4.69) is 38.8 Å². The highest BCUT2D eigenvalue weighted by atomic mass is 32.2. The number of benzene rings is 1. The van der Waals surface area contributed by atoms with E-state index in [4.69, 9.17) is 0 Å². The lowest BCUT2D eigenvalue weighted by Crippen LogP contribution is -2.33. The predicted molar refractivity (Wildman–Crippen MR) is 110 cm³/mol. The van der Waals surface area contributed by atoms with Crippen molar-refractivity contribution in [3.8, 4) is 10.4 Å². The number of thiophene rings is 1. The summed E-state index contributed by atoms with van der Waals surface area (Å²) >= 11 is 3.20. The van der Waals surface area contributed by atoms with E-state index in [1.807, 2.05) is 18.2 Å². The Hall–Kier alpha value is -2.45.